The second-order valence-corrected chi connectivity index (χ2v) is 6.16. The summed E-state index contributed by atoms with van der Waals surface area (Å²) in [7, 11) is -2.05. The van der Waals surface area contributed by atoms with E-state index in [4.69, 9.17) is 4.74 Å². The van der Waals surface area contributed by atoms with E-state index in [1.165, 1.54) is 6.07 Å². The van der Waals surface area contributed by atoms with Crippen molar-refractivity contribution in [1.29, 1.82) is 0 Å². The highest BCUT2D eigenvalue weighted by atomic mass is 32.2. The van der Waals surface area contributed by atoms with E-state index in [-0.39, 0.29) is 4.90 Å². The van der Waals surface area contributed by atoms with Gasteiger partial charge in [-0.1, -0.05) is 0 Å². The van der Waals surface area contributed by atoms with Crippen LogP contribution in [0.1, 0.15) is 24.4 Å². The third-order valence-electron chi connectivity index (χ3n) is 2.94. The minimum atomic E-state index is -3.60. The Balaban J connectivity index is 2.24. The first kappa shape index (κ1) is 14.5. The van der Waals surface area contributed by atoms with Gasteiger partial charge in [0.05, 0.1) is 18.0 Å². The summed E-state index contributed by atoms with van der Waals surface area (Å²) in [4.78, 5) is 7.12. The van der Waals surface area contributed by atoms with Crippen molar-refractivity contribution in [2.24, 2.45) is 0 Å². The lowest BCUT2D eigenvalue weighted by molar-refractivity contribution is 0.411. The maximum absolute atomic E-state index is 12.3. The molecule has 1 atom stereocenters. The summed E-state index contributed by atoms with van der Waals surface area (Å²) in [5.74, 6) is 1.22. The molecule has 2 rings (SSSR count). The van der Waals surface area contributed by atoms with Crippen molar-refractivity contribution in [1.82, 2.24) is 14.7 Å². The van der Waals surface area contributed by atoms with E-state index in [1.54, 1.807) is 45.5 Å². The molecule has 0 saturated carbocycles. The SMILES string of the molecule is COc1ccc(S(=O)(=O)NC(C)c2ncc[nH]2)cc1C. The largest absolute Gasteiger partial charge is 0.496 e. The molecule has 1 aromatic heterocycles. The van der Waals surface area contributed by atoms with Crippen LogP contribution in [0, 0.1) is 6.92 Å². The molecule has 0 aliphatic carbocycles. The second-order valence-electron chi connectivity index (χ2n) is 4.45. The number of sulfonamides is 1. The summed E-state index contributed by atoms with van der Waals surface area (Å²) < 4.78 is 32.3. The molecule has 20 heavy (non-hydrogen) atoms. The van der Waals surface area contributed by atoms with Gasteiger partial charge in [-0.3, -0.25) is 0 Å². The lowest BCUT2D eigenvalue weighted by Gasteiger charge is -2.13. The van der Waals surface area contributed by atoms with E-state index in [2.05, 4.69) is 14.7 Å². The minimum Gasteiger partial charge on any atom is -0.496 e. The van der Waals surface area contributed by atoms with Gasteiger partial charge in [0.1, 0.15) is 11.6 Å². The number of hydrogen-bond donors (Lipinski definition) is 2. The van der Waals surface area contributed by atoms with Gasteiger partial charge in [0.25, 0.3) is 0 Å². The van der Waals surface area contributed by atoms with Crippen LogP contribution in [0.5, 0.6) is 5.75 Å². The molecule has 0 fully saturated rings. The van der Waals surface area contributed by atoms with Gasteiger partial charge in [0, 0.05) is 12.4 Å². The van der Waals surface area contributed by atoms with Crippen molar-refractivity contribution in [2.75, 3.05) is 7.11 Å². The van der Waals surface area contributed by atoms with E-state index in [1.807, 2.05) is 0 Å². The average molecular weight is 295 g/mol. The molecule has 0 aliphatic rings. The molecule has 0 amide bonds. The molecule has 6 nitrogen and oxygen atoms in total. The number of H-pyrrole nitrogens is 1. The van der Waals surface area contributed by atoms with Crippen molar-refractivity contribution < 1.29 is 13.2 Å². The topological polar surface area (TPSA) is 84.1 Å². The molecule has 7 heteroatoms. The Labute approximate surface area is 118 Å². The molecule has 108 valence electrons. The fourth-order valence-electron chi connectivity index (χ4n) is 1.89. The maximum Gasteiger partial charge on any atom is 0.241 e. The molecule has 1 aromatic carbocycles. The quantitative estimate of drug-likeness (QED) is 0.880. The standard InChI is InChI=1S/C13H17N3O3S/c1-9-8-11(4-5-12(9)19-3)20(17,18)16-10(2)13-14-6-7-15-13/h4-8,10,16H,1-3H3,(H,14,15). The lowest BCUT2D eigenvalue weighted by atomic mass is 10.2. The number of aromatic nitrogens is 2. The predicted octanol–water partition coefficient (Wildman–Crippen LogP) is 1.77. The van der Waals surface area contributed by atoms with Crippen LogP contribution >= 0.6 is 0 Å². The molecule has 0 saturated heterocycles. The summed E-state index contributed by atoms with van der Waals surface area (Å²) in [6.45, 7) is 3.53. The van der Waals surface area contributed by atoms with Crippen molar-refractivity contribution in [2.45, 2.75) is 24.8 Å². The van der Waals surface area contributed by atoms with Crippen molar-refractivity contribution in [3.63, 3.8) is 0 Å². The normalized spacial score (nSPS) is 13.2. The van der Waals surface area contributed by atoms with Gasteiger partial charge >= 0.3 is 0 Å². The Morgan fingerprint density at radius 1 is 1.40 bits per heavy atom. The first-order valence-corrected chi connectivity index (χ1v) is 7.58. The zero-order chi connectivity index (χ0) is 14.8. The molecule has 0 spiro atoms. The molecular weight excluding hydrogens is 278 g/mol. The summed E-state index contributed by atoms with van der Waals surface area (Å²) in [5, 5.41) is 0. The fraction of sp³-hybridized carbons (Fsp3) is 0.308. The van der Waals surface area contributed by atoms with Crippen LogP contribution in [0.3, 0.4) is 0 Å². The number of methoxy groups -OCH3 is 1. The van der Waals surface area contributed by atoms with Gasteiger partial charge in [-0.05, 0) is 37.6 Å². The fourth-order valence-corrected chi connectivity index (χ4v) is 3.18. The summed E-state index contributed by atoms with van der Waals surface area (Å²) in [6.07, 6.45) is 3.23. The number of ether oxygens (including phenoxy) is 1. The number of aromatic amines is 1. The summed E-state index contributed by atoms with van der Waals surface area (Å²) in [6, 6.07) is 4.30. The van der Waals surface area contributed by atoms with Crippen LogP contribution in [0.15, 0.2) is 35.5 Å². The molecule has 1 heterocycles. The molecule has 0 aliphatic heterocycles. The van der Waals surface area contributed by atoms with Crippen molar-refractivity contribution in [3.05, 3.63) is 42.0 Å². The number of nitrogens with one attached hydrogen (secondary N) is 2. The van der Waals surface area contributed by atoms with Gasteiger partial charge in [-0.15, -0.1) is 0 Å². The van der Waals surface area contributed by atoms with E-state index < -0.39 is 16.1 Å². The summed E-state index contributed by atoms with van der Waals surface area (Å²) >= 11 is 0. The zero-order valence-corrected chi connectivity index (χ0v) is 12.4. The Bertz CT molecular complexity index is 681. The molecule has 0 radical (unpaired) electrons. The Hall–Kier alpha value is -1.86. The van der Waals surface area contributed by atoms with E-state index in [9.17, 15) is 8.42 Å². The minimum absolute atomic E-state index is 0.203. The summed E-state index contributed by atoms with van der Waals surface area (Å²) in [5.41, 5.74) is 0.765. The van der Waals surface area contributed by atoms with Gasteiger partial charge in [0.2, 0.25) is 10.0 Å². The molecule has 2 N–H and O–H groups in total. The van der Waals surface area contributed by atoms with Crippen molar-refractivity contribution in [3.8, 4) is 5.75 Å². The van der Waals surface area contributed by atoms with Crippen molar-refractivity contribution >= 4 is 10.0 Å². The monoisotopic (exact) mass is 295 g/mol. The van der Waals surface area contributed by atoms with Gasteiger partial charge in [0.15, 0.2) is 0 Å². The second kappa shape index (κ2) is 5.64. The van der Waals surface area contributed by atoms with E-state index in [0.29, 0.717) is 11.6 Å². The number of aryl methyl sites for hydroxylation is 1. The highest BCUT2D eigenvalue weighted by molar-refractivity contribution is 7.89. The number of hydrogen-bond acceptors (Lipinski definition) is 4. The number of nitrogens with zero attached hydrogens (tertiary/aromatic N) is 1. The van der Waals surface area contributed by atoms with Crippen LogP contribution in [0.2, 0.25) is 0 Å². The van der Waals surface area contributed by atoms with Gasteiger partial charge in [-0.2, -0.15) is 0 Å². The number of rotatable bonds is 5. The number of imidazole rings is 1. The predicted molar refractivity (Wildman–Crippen MR) is 75.1 cm³/mol. The van der Waals surface area contributed by atoms with E-state index >= 15 is 0 Å². The first-order valence-electron chi connectivity index (χ1n) is 6.10. The highest BCUT2D eigenvalue weighted by Crippen LogP contribution is 2.22. The molecule has 0 bridgehead atoms. The number of benzene rings is 1. The third kappa shape index (κ3) is 3.00. The van der Waals surface area contributed by atoms with Crippen LogP contribution in [0.4, 0.5) is 0 Å². The highest BCUT2D eigenvalue weighted by Gasteiger charge is 2.20. The Morgan fingerprint density at radius 3 is 2.70 bits per heavy atom. The zero-order valence-electron chi connectivity index (χ0n) is 11.5. The molecular formula is C13H17N3O3S. The maximum atomic E-state index is 12.3. The molecule has 1 unspecified atom stereocenters. The first-order chi connectivity index (χ1) is 9.44. The van der Waals surface area contributed by atoms with Crippen LogP contribution in [-0.4, -0.2) is 25.5 Å². The van der Waals surface area contributed by atoms with E-state index in [0.717, 1.165) is 5.56 Å². The lowest BCUT2D eigenvalue weighted by Crippen LogP contribution is -2.27. The van der Waals surface area contributed by atoms with Gasteiger partial charge in [-0.25, -0.2) is 18.1 Å². The Morgan fingerprint density at radius 2 is 2.15 bits per heavy atom. The third-order valence-corrected chi connectivity index (χ3v) is 4.48. The van der Waals surface area contributed by atoms with Crippen LogP contribution in [0.25, 0.3) is 0 Å². The van der Waals surface area contributed by atoms with Gasteiger partial charge < -0.3 is 9.72 Å². The molecule has 2 aromatic rings. The Kier molecular flexibility index (Phi) is 4.10. The van der Waals surface area contributed by atoms with Crippen LogP contribution < -0.4 is 9.46 Å². The average Bonchev–Trinajstić information content (AvgIpc) is 2.92. The van der Waals surface area contributed by atoms with Crippen LogP contribution in [-0.2, 0) is 10.0 Å². The smallest absolute Gasteiger partial charge is 0.241 e.